The van der Waals surface area contributed by atoms with Crippen molar-refractivity contribution in [3.8, 4) is 11.5 Å². The van der Waals surface area contributed by atoms with Crippen molar-refractivity contribution < 1.29 is 9.94 Å². The van der Waals surface area contributed by atoms with Crippen molar-refractivity contribution in [3.05, 3.63) is 51.8 Å². The number of oxime groups is 1. The molecule has 21 heavy (non-hydrogen) atoms. The molecule has 0 aliphatic rings. The summed E-state index contributed by atoms with van der Waals surface area (Å²) in [5, 5.41) is 11.7. The fourth-order valence-electron chi connectivity index (χ4n) is 1.89. The van der Waals surface area contributed by atoms with E-state index in [1.807, 2.05) is 26.0 Å². The largest absolute Gasteiger partial charge is 0.455 e. The number of rotatable bonds is 4. The van der Waals surface area contributed by atoms with Crippen LogP contribution in [-0.2, 0) is 6.42 Å². The van der Waals surface area contributed by atoms with Gasteiger partial charge >= 0.3 is 0 Å². The van der Waals surface area contributed by atoms with Gasteiger partial charge in [0.15, 0.2) is 5.84 Å². The average molecular weight is 350 g/mol. The third kappa shape index (κ3) is 3.52. The van der Waals surface area contributed by atoms with Gasteiger partial charge in [-0.05, 0) is 59.6 Å². The Kier molecular flexibility index (Phi) is 4.80. The lowest BCUT2D eigenvalue weighted by molar-refractivity contribution is 0.318. The quantitative estimate of drug-likeness (QED) is 0.382. The summed E-state index contributed by atoms with van der Waals surface area (Å²) in [5.74, 6) is 1.42. The molecule has 1 aromatic heterocycles. The summed E-state index contributed by atoms with van der Waals surface area (Å²) in [4.78, 5) is 4.46. The number of ether oxygens (including phenoxy) is 1. The molecule has 0 spiro atoms. The van der Waals surface area contributed by atoms with Crippen molar-refractivity contribution in [1.82, 2.24) is 4.98 Å². The van der Waals surface area contributed by atoms with Gasteiger partial charge in [0.25, 0.3) is 0 Å². The molecule has 0 aliphatic heterocycles. The number of hydrogen-bond acceptors (Lipinski definition) is 4. The molecule has 110 valence electrons. The molecule has 0 amide bonds. The predicted octanol–water partition coefficient (Wildman–Crippen LogP) is 3.60. The molecular formula is C15H16BrN3O2. The first kappa shape index (κ1) is 15.3. The summed E-state index contributed by atoms with van der Waals surface area (Å²) < 4.78 is 6.56. The molecule has 2 aromatic rings. The second kappa shape index (κ2) is 6.58. The third-order valence-corrected chi connectivity index (χ3v) is 3.61. The Balaban J connectivity index is 2.31. The van der Waals surface area contributed by atoms with Gasteiger partial charge in [-0.15, -0.1) is 0 Å². The molecule has 1 aromatic carbocycles. The number of hydrogen-bond donors (Lipinski definition) is 2. The van der Waals surface area contributed by atoms with E-state index in [0.717, 1.165) is 23.6 Å². The maximum Gasteiger partial charge on any atom is 0.171 e. The van der Waals surface area contributed by atoms with Gasteiger partial charge < -0.3 is 15.7 Å². The van der Waals surface area contributed by atoms with Crippen LogP contribution in [0.5, 0.6) is 11.5 Å². The zero-order chi connectivity index (χ0) is 15.4. The Hall–Kier alpha value is -2.08. The highest BCUT2D eigenvalue weighted by molar-refractivity contribution is 9.10. The topological polar surface area (TPSA) is 80.7 Å². The second-order valence-electron chi connectivity index (χ2n) is 4.48. The standard InChI is InChI=1S/C15H16BrN3O2/c1-3-13-14(7-4-9(2)18-13)21-10-5-6-11(12(16)8-10)15(17)19-20/h4-8,20H,3H2,1-2H3,(H2,17,19). The smallest absolute Gasteiger partial charge is 0.171 e. The molecule has 3 N–H and O–H groups in total. The van der Waals surface area contributed by atoms with Crippen LogP contribution in [0.3, 0.4) is 0 Å². The highest BCUT2D eigenvalue weighted by Gasteiger charge is 2.09. The van der Waals surface area contributed by atoms with Gasteiger partial charge in [0.05, 0.1) is 5.69 Å². The summed E-state index contributed by atoms with van der Waals surface area (Å²) in [6, 6.07) is 9.08. The van der Waals surface area contributed by atoms with E-state index in [1.54, 1.807) is 18.2 Å². The van der Waals surface area contributed by atoms with Crippen LogP contribution in [0, 0.1) is 6.92 Å². The molecule has 0 bridgehead atoms. The van der Waals surface area contributed by atoms with E-state index in [1.165, 1.54) is 0 Å². The molecule has 0 fully saturated rings. The van der Waals surface area contributed by atoms with E-state index in [2.05, 4.69) is 26.1 Å². The SMILES string of the molecule is CCc1nc(C)ccc1Oc1ccc(/C(N)=N/O)c(Br)c1. The molecule has 0 unspecified atom stereocenters. The first-order chi connectivity index (χ1) is 10.0. The number of nitrogens with zero attached hydrogens (tertiary/aromatic N) is 2. The van der Waals surface area contributed by atoms with Crippen LogP contribution >= 0.6 is 15.9 Å². The molecule has 1 heterocycles. The monoisotopic (exact) mass is 349 g/mol. The molecule has 0 radical (unpaired) electrons. The van der Waals surface area contributed by atoms with Gasteiger partial charge in [-0.2, -0.15) is 0 Å². The van der Waals surface area contributed by atoms with Crippen LogP contribution in [0.1, 0.15) is 23.9 Å². The van der Waals surface area contributed by atoms with Crippen molar-refractivity contribution in [2.24, 2.45) is 10.9 Å². The summed E-state index contributed by atoms with van der Waals surface area (Å²) >= 11 is 3.38. The predicted molar refractivity (Wildman–Crippen MR) is 85.1 cm³/mol. The summed E-state index contributed by atoms with van der Waals surface area (Å²) in [6.45, 7) is 3.98. The molecule has 0 saturated heterocycles. The maximum absolute atomic E-state index is 8.71. The summed E-state index contributed by atoms with van der Waals surface area (Å²) in [7, 11) is 0. The Bertz CT molecular complexity index is 687. The Labute approximate surface area is 131 Å². The lowest BCUT2D eigenvalue weighted by Crippen LogP contribution is -2.13. The number of nitrogens with two attached hydrogens (primary N) is 1. The van der Waals surface area contributed by atoms with Gasteiger partial charge in [0.2, 0.25) is 0 Å². The van der Waals surface area contributed by atoms with Crippen LogP contribution in [0.25, 0.3) is 0 Å². The third-order valence-electron chi connectivity index (χ3n) is 2.96. The summed E-state index contributed by atoms with van der Waals surface area (Å²) in [5.41, 5.74) is 8.05. The van der Waals surface area contributed by atoms with E-state index < -0.39 is 0 Å². The van der Waals surface area contributed by atoms with E-state index >= 15 is 0 Å². The fraction of sp³-hybridized carbons (Fsp3) is 0.200. The highest BCUT2D eigenvalue weighted by Crippen LogP contribution is 2.29. The summed E-state index contributed by atoms with van der Waals surface area (Å²) in [6.07, 6.45) is 0.792. The van der Waals surface area contributed by atoms with E-state index in [9.17, 15) is 0 Å². The zero-order valence-electron chi connectivity index (χ0n) is 11.8. The average Bonchev–Trinajstić information content (AvgIpc) is 2.48. The molecule has 0 saturated carbocycles. The molecule has 0 atom stereocenters. The van der Waals surface area contributed by atoms with Gasteiger partial charge in [-0.3, -0.25) is 4.98 Å². The minimum atomic E-state index is 0.0414. The molecule has 5 nitrogen and oxygen atoms in total. The lowest BCUT2D eigenvalue weighted by atomic mass is 10.2. The van der Waals surface area contributed by atoms with Crippen LogP contribution in [-0.4, -0.2) is 16.0 Å². The second-order valence-corrected chi connectivity index (χ2v) is 5.33. The molecule has 2 rings (SSSR count). The first-order valence-corrected chi connectivity index (χ1v) is 7.26. The normalized spacial score (nSPS) is 11.5. The van der Waals surface area contributed by atoms with Gasteiger partial charge in [-0.25, -0.2) is 0 Å². The number of pyridine rings is 1. The van der Waals surface area contributed by atoms with Gasteiger partial charge in [-0.1, -0.05) is 12.1 Å². The van der Waals surface area contributed by atoms with Crippen LogP contribution in [0.15, 0.2) is 40.0 Å². The first-order valence-electron chi connectivity index (χ1n) is 6.47. The lowest BCUT2D eigenvalue weighted by Gasteiger charge is -2.11. The highest BCUT2D eigenvalue weighted by atomic mass is 79.9. The van der Waals surface area contributed by atoms with Gasteiger partial charge in [0.1, 0.15) is 11.5 Å². The number of benzene rings is 1. The zero-order valence-corrected chi connectivity index (χ0v) is 13.4. The van der Waals surface area contributed by atoms with Crippen molar-refractivity contribution in [2.45, 2.75) is 20.3 Å². The van der Waals surface area contributed by atoms with E-state index in [-0.39, 0.29) is 5.84 Å². The van der Waals surface area contributed by atoms with Crippen LogP contribution in [0.2, 0.25) is 0 Å². The molecular weight excluding hydrogens is 334 g/mol. The Morgan fingerprint density at radius 3 is 2.76 bits per heavy atom. The van der Waals surface area contributed by atoms with Crippen LogP contribution in [0.4, 0.5) is 0 Å². The number of amidine groups is 1. The van der Waals surface area contributed by atoms with Crippen molar-refractivity contribution >= 4 is 21.8 Å². The van der Waals surface area contributed by atoms with Crippen molar-refractivity contribution in [2.75, 3.05) is 0 Å². The minimum Gasteiger partial charge on any atom is -0.455 e. The van der Waals surface area contributed by atoms with E-state index in [4.69, 9.17) is 15.7 Å². The van der Waals surface area contributed by atoms with Gasteiger partial charge in [0, 0.05) is 15.7 Å². The number of aromatic nitrogens is 1. The maximum atomic E-state index is 8.71. The number of aryl methyl sites for hydroxylation is 2. The van der Waals surface area contributed by atoms with E-state index in [0.29, 0.717) is 15.8 Å². The minimum absolute atomic E-state index is 0.0414. The van der Waals surface area contributed by atoms with Crippen molar-refractivity contribution in [1.29, 1.82) is 0 Å². The Morgan fingerprint density at radius 1 is 1.38 bits per heavy atom. The number of halogens is 1. The van der Waals surface area contributed by atoms with Crippen LogP contribution < -0.4 is 10.5 Å². The fourth-order valence-corrected chi connectivity index (χ4v) is 2.45. The molecule has 0 aliphatic carbocycles. The van der Waals surface area contributed by atoms with Crippen molar-refractivity contribution in [3.63, 3.8) is 0 Å². The molecule has 6 heteroatoms. The Morgan fingerprint density at radius 2 is 2.14 bits per heavy atom.